The number of halogens is 1. The van der Waals surface area contributed by atoms with Gasteiger partial charge in [-0.3, -0.25) is 4.79 Å². The minimum Gasteiger partial charge on any atom is -0.353 e. The van der Waals surface area contributed by atoms with E-state index >= 15 is 0 Å². The fourth-order valence-electron chi connectivity index (χ4n) is 4.57. The van der Waals surface area contributed by atoms with Gasteiger partial charge in [0.15, 0.2) is 0 Å². The van der Waals surface area contributed by atoms with Crippen LogP contribution in [0.1, 0.15) is 38.5 Å². The predicted molar refractivity (Wildman–Crippen MR) is 95.3 cm³/mol. The van der Waals surface area contributed by atoms with Crippen molar-refractivity contribution in [2.24, 2.45) is 5.92 Å². The van der Waals surface area contributed by atoms with E-state index in [-0.39, 0.29) is 11.9 Å². The first kappa shape index (κ1) is 16.2. The zero-order valence-electron chi connectivity index (χ0n) is 13.9. The number of anilines is 1. The standard InChI is InChI=1S/C18H25ClN4O/c19-16-2-1-6-20-18(16)23-7-5-15(11-23)22-17(24)10-12-8-13-3-4-14(9-12)21-13/h1-2,6,12-15,21H,3-5,7-11H2,(H,22,24). The van der Waals surface area contributed by atoms with Gasteiger partial charge in [0.2, 0.25) is 5.91 Å². The molecular formula is C18H25ClN4O. The first-order chi connectivity index (χ1) is 11.7. The van der Waals surface area contributed by atoms with Crippen molar-refractivity contribution in [2.75, 3.05) is 18.0 Å². The van der Waals surface area contributed by atoms with Gasteiger partial charge >= 0.3 is 0 Å². The summed E-state index contributed by atoms with van der Waals surface area (Å²) in [5.41, 5.74) is 0. The van der Waals surface area contributed by atoms with Crippen LogP contribution >= 0.6 is 11.6 Å². The number of nitrogens with one attached hydrogen (secondary N) is 2. The van der Waals surface area contributed by atoms with E-state index in [4.69, 9.17) is 11.6 Å². The summed E-state index contributed by atoms with van der Waals surface area (Å²) in [6, 6.07) is 5.20. The molecule has 6 heteroatoms. The fourth-order valence-corrected chi connectivity index (χ4v) is 4.81. The quantitative estimate of drug-likeness (QED) is 0.877. The number of carbonyl (C=O) groups excluding carboxylic acids is 1. The molecule has 4 heterocycles. The van der Waals surface area contributed by atoms with Crippen molar-refractivity contribution in [3.8, 4) is 0 Å². The first-order valence-electron chi connectivity index (χ1n) is 9.08. The zero-order chi connectivity index (χ0) is 16.5. The molecule has 0 spiro atoms. The van der Waals surface area contributed by atoms with Gasteiger partial charge in [0, 0.05) is 43.8 Å². The van der Waals surface area contributed by atoms with Crippen LogP contribution in [0, 0.1) is 5.92 Å². The lowest BCUT2D eigenvalue weighted by Gasteiger charge is -2.29. The Hall–Kier alpha value is -1.33. The van der Waals surface area contributed by atoms with E-state index in [9.17, 15) is 4.79 Å². The van der Waals surface area contributed by atoms with Crippen molar-refractivity contribution in [1.29, 1.82) is 0 Å². The summed E-state index contributed by atoms with van der Waals surface area (Å²) in [7, 11) is 0. The molecule has 0 saturated carbocycles. The molecule has 3 fully saturated rings. The monoisotopic (exact) mass is 348 g/mol. The van der Waals surface area contributed by atoms with Crippen molar-refractivity contribution in [3.05, 3.63) is 23.4 Å². The highest BCUT2D eigenvalue weighted by Crippen LogP contribution is 2.32. The smallest absolute Gasteiger partial charge is 0.220 e. The van der Waals surface area contributed by atoms with Crippen molar-refractivity contribution in [2.45, 2.75) is 56.7 Å². The van der Waals surface area contributed by atoms with E-state index in [1.165, 1.54) is 12.8 Å². The fraction of sp³-hybridized carbons (Fsp3) is 0.667. The highest BCUT2D eigenvalue weighted by atomic mass is 35.5. The summed E-state index contributed by atoms with van der Waals surface area (Å²) in [4.78, 5) is 18.9. The van der Waals surface area contributed by atoms with Crippen LogP contribution in [0.2, 0.25) is 5.02 Å². The van der Waals surface area contributed by atoms with Gasteiger partial charge in [-0.05, 0) is 50.2 Å². The second kappa shape index (κ2) is 6.89. The normalized spacial score (nSPS) is 32.1. The predicted octanol–water partition coefficient (Wildman–Crippen LogP) is 2.35. The Morgan fingerprint density at radius 3 is 2.88 bits per heavy atom. The third kappa shape index (κ3) is 3.52. The molecule has 3 saturated heterocycles. The summed E-state index contributed by atoms with van der Waals surface area (Å²) in [6.45, 7) is 1.68. The second-order valence-corrected chi connectivity index (χ2v) is 7.89. The van der Waals surface area contributed by atoms with Crippen LogP contribution in [0.5, 0.6) is 0 Å². The molecule has 0 aliphatic carbocycles. The third-order valence-corrected chi connectivity index (χ3v) is 5.93. The largest absolute Gasteiger partial charge is 0.353 e. The van der Waals surface area contributed by atoms with Crippen LogP contribution < -0.4 is 15.5 Å². The number of rotatable bonds is 4. The number of hydrogen-bond donors (Lipinski definition) is 2. The highest BCUT2D eigenvalue weighted by Gasteiger charge is 2.34. The number of aromatic nitrogens is 1. The molecule has 1 amide bonds. The molecule has 2 bridgehead atoms. The number of hydrogen-bond acceptors (Lipinski definition) is 4. The maximum Gasteiger partial charge on any atom is 0.220 e. The molecule has 4 rings (SSSR count). The maximum absolute atomic E-state index is 12.4. The molecule has 3 aliphatic rings. The lowest BCUT2D eigenvalue weighted by Crippen LogP contribution is -2.42. The molecule has 0 radical (unpaired) electrons. The Morgan fingerprint density at radius 1 is 1.33 bits per heavy atom. The van der Waals surface area contributed by atoms with Crippen molar-refractivity contribution in [3.63, 3.8) is 0 Å². The van der Waals surface area contributed by atoms with Crippen LogP contribution in [0.3, 0.4) is 0 Å². The van der Waals surface area contributed by atoms with E-state index in [0.29, 0.717) is 29.4 Å². The molecule has 24 heavy (non-hydrogen) atoms. The lowest BCUT2D eigenvalue weighted by atomic mass is 9.89. The Morgan fingerprint density at radius 2 is 2.12 bits per heavy atom. The maximum atomic E-state index is 12.4. The van der Waals surface area contributed by atoms with Gasteiger partial charge in [-0.1, -0.05) is 11.6 Å². The average molecular weight is 349 g/mol. The Balaban J connectivity index is 1.27. The van der Waals surface area contributed by atoms with Crippen LogP contribution in [-0.4, -0.2) is 42.1 Å². The molecule has 130 valence electrons. The average Bonchev–Trinajstić information content (AvgIpc) is 3.14. The Labute approximate surface area is 148 Å². The summed E-state index contributed by atoms with van der Waals surface area (Å²) >= 11 is 6.22. The summed E-state index contributed by atoms with van der Waals surface area (Å²) in [5.74, 6) is 1.58. The Kier molecular flexibility index (Phi) is 4.63. The van der Waals surface area contributed by atoms with E-state index in [2.05, 4.69) is 20.5 Å². The summed E-state index contributed by atoms with van der Waals surface area (Å²) < 4.78 is 0. The van der Waals surface area contributed by atoms with Crippen LogP contribution in [0.15, 0.2) is 18.3 Å². The minimum atomic E-state index is 0.203. The zero-order valence-corrected chi connectivity index (χ0v) is 14.6. The molecule has 2 N–H and O–H groups in total. The molecule has 3 unspecified atom stereocenters. The minimum absolute atomic E-state index is 0.203. The van der Waals surface area contributed by atoms with Crippen molar-refractivity contribution < 1.29 is 4.79 Å². The number of nitrogens with zero attached hydrogens (tertiary/aromatic N) is 2. The number of amides is 1. The van der Waals surface area contributed by atoms with Gasteiger partial charge in [0.1, 0.15) is 5.82 Å². The number of piperidine rings is 1. The van der Waals surface area contributed by atoms with E-state index in [1.807, 2.05) is 12.1 Å². The molecular weight excluding hydrogens is 324 g/mol. The first-order valence-corrected chi connectivity index (χ1v) is 9.46. The summed E-state index contributed by atoms with van der Waals surface area (Å²) in [6.07, 6.45) is 8.27. The third-order valence-electron chi connectivity index (χ3n) is 5.64. The lowest BCUT2D eigenvalue weighted by molar-refractivity contribution is -0.122. The van der Waals surface area contributed by atoms with Crippen LogP contribution in [-0.2, 0) is 4.79 Å². The molecule has 3 aliphatic heterocycles. The van der Waals surface area contributed by atoms with Gasteiger partial charge in [-0.2, -0.15) is 0 Å². The van der Waals surface area contributed by atoms with E-state index in [0.717, 1.165) is 38.2 Å². The van der Waals surface area contributed by atoms with Crippen molar-refractivity contribution >= 4 is 23.3 Å². The molecule has 1 aromatic heterocycles. The van der Waals surface area contributed by atoms with Crippen LogP contribution in [0.4, 0.5) is 5.82 Å². The molecule has 3 atom stereocenters. The van der Waals surface area contributed by atoms with Gasteiger partial charge in [-0.25, -0.2) is 4.98 Å². The van der Waals surface area contributed by atoms with Gasteiger partial charge in [0.25, 0.3) is 0 Å². The van der Waals surface area contributed by atoms with Crippen molar-refractivity contribution in [1.82, 2.24) is 15.6 Å². The van der Waals surface area contributed by atoms with E-state index in [1.54, 1.807) is 6.20 Å². The van der Waals surface area contributed by atoms with Crippen LogP contribution in [0.25, 0.3) is 0 Å². The van der Waals surface area contributed by atoms with Gasteiger partial charge < -0.3 is 15.5 Å². The number of carbonyl (C=O) groups is 1. The molecule has 5 nitrogen and oxygen atoms in total. The van der Waals surface area contributed by atoms with Gasteiger partial charge in [0.05, 0.1) is 5.02 Å². The highest BCUT2D eigenvalue weighted by molar-refractivity contribution is 6.32. The number of pyridine rings is 1. The van der Waals surface area contributed by atoms with Gasteiger partial charge in [-0.15, -0.1) is 0 Å². The van der Waals surface area contributed by atoms with E-state index < -0.39 is 0 Å². The number of fused-ring (bicyclic) bond motifs is 2. The molecule has 1 aromatic rings. The SMILES string of the molecule is O=C(CC1CC2CCC(C1)N2)NC1CCN(c2ncccc2Cl)C1. The Bertz CT molecular complexity index is 598. The second-order valence-electron chi connectivity index (χ2n) is 7.49. The topological polar surface area (TPSA) is 57.3 Å². The summed E-state index contributed by atoms with van der Waals surface area (Å²) in [5, 5.41) is 7.54. The molecule has 0 aromatic carbocycles.